The normalized spacial score (nSPS) is 12.1. The van der Waals surface area contributed by atoms with E-state index in [1.807, 2.05) is 20.3 Å². The molecule has 0 heterocycles. The highest BCUT2D eigenvalue weighted by atomic mass is 28.3. The van der Waals surface area contributed by atoms with E-state index in [1.54, 1.807) is 0 Å². The van der Waals surface area contributed by atoms with Crippen LogP contribution < -0.4 is 4.90 Å². The van der Waals surface area contributed by atoms with E-state index in [1.165, 1.54) is 11.3 Å². The van der Waals surface area contributed by atoms with Crippen LogP contribution in [-0.4, -0.2) is 28.5 Å². The van der Waals surface area contributed by atoms with E-state index in [4.69, 9.17) is 0 Å². The van der Waals surface area contributed by atoms with Crippen LogP contribution in [0.25, 0.3) is 0 Å². The summed E-state index contributed by atoms with van der Waals surface area (Å²) in [5.74, 6) is 0. The lowest BCUT2D eigenvalue weighted by molar-refractivity contribution is 1.13. The molecule has 1 aromatic carbocycles. The number of rotatable bonds is 3. The van der Waals surface area contributed by atoms with Crippen molar-refractivity contribution in [2.75, 3.05) is 19.0 Å². The van der Waals surface area contributed by atoms with Crippen molar-refractivity contribution in [2.24, 2.45) is 4.66 Å². The fraction of sp³-hybridized carbons (Fsp3) is 0.417. The van der Waals surface area contributed by atoms with Gasteiger partial charge in [-0.1, -0.05) is 12.1 Å². The molecule has 82 valence electrons. The van der Waals surface area contributed by atoms with E-state index in [0.717, 1.165) is 0 Å². The molecule has 1 rings (SSSR count). The summed E-state index contributed by atoms with van der Waals surface area (Å²) in [5.41, 5.74) is 2.41. The summed E-state index contributed by atoms with van der Waals surface area (Å²) >= 11 is 0. The van der Waals surface area contributed by atoms with Crippen LogP contribution in [0.2, 0.25) is 19.6 Å². The first-order chi connectivity index (χ1) is 6.88. The van der Waals surface area contributed by atoms with Gasteiger partial charge in [0, 0.05) is 26.0 Å². The van der Waals surface area contributed by atoms with Crippen molar-refractivity contribution in [3.63, 3.8) is 0 Å². The number of hydrogen-bond donors (Lipinski definition) is 0. The van der Waals surface area contributed by atoms with Crippen molar-refractivity contribution < 1.29 is 0 Å². The topological polar surface area (TPSA) is 15.6 Å². The maximum Gasteiger partial charge on any atom is 0.172 e. The van der Waals surface area contributed by atoms with Crippen LogP contribution in [0, 0.1) is 0 Å². The second kappa shape index (κ2) is 4.62. The molecule has 15 heavy (non-hydrogen) atoms. The molecule has 0 saturated heterocycles. The molecule has 3 heteroatoms. The number of hydrogen-bond acceptors (Lipinski definition) is 2. The molecule has 0 bridgehead atoms. The van der Waals surface area contributed by atoms with Gasteiger partial charge in [-0.3, -0.25) is 0 Å². The molecule has 0 unspecified atom stereocenters. The highest BCUT2D eigenvalue weighted by Gasteiger charge is 2.08. The molecule has 0 amide bonds. The first-order valence-electron chi connectivity index (χ1n) is 5.21. The molecule has 0 aliphatic rings. The van der Waals surface area contributed by atoms with Gasteiger partial charge < -0.3 is 9.56 Å². The van der Waals surface area contributed by atoms with Crippen molar-refractivity contribution >= 4 is 20.1 Å². The molecule has 0 atom stereocenters. The van der Waals surface area contributed by atoms with Gasteiger partial charge in [0.25, 0.3) is 0 Å². The molecule has 2 nitrogen and oxygen atoms in total. The molecule has 0 aliphatic carbocycles. The van der Waals surface area contributed by atoms with Gasteiger partial charge in [-0.2, -0.15) is 0 Å². The molecule has 0 aliphatic heterocycles. The van der Waals surface area contributed by atoms with E-state index in [9.17, 15) is 0 Å². The summed E-state index contributed by atoms with van der Waals surface area (Å²) in [6.45, 7) is 6.70. The lowest BCUT2D eigenvalue weighted by atomic mass is 10.2. The lowest BCUT2D eigenvalue weighted by Gasteiger charge is -2.12. The monoisotopic (exact) mass is 220 g/mol. The van der Waals surface area contributed by atoms with Crippen molar-refractivity contribution in [3.05, 3.63) is 29.8 Å². The van der Waals surface area contributed by atoms with Crippen LogP contribution in [0.5, 0.6) is 0 Å². The van der Waals surface area contributed by atoms with Crippen molar-refractivity contribution in [1.29, 1.82) is 0 Å². The minimum absolute atomic E-state index is 1.18. The third kappa shape index (κ3) is 4.30. The molecular weight excluding hydrogens is 200 g/mol. The Morgan fingerprint density at radius 2 is 1.60 bits per heavy atom. The van der Waals surface area contributed by atoms with E-state index in [2.05, 4.69) is 53.5 Å². The highest BCUT2D eigenvalue weighted by Crippen LogP contribution is 2.11. The zero-order valence-electron chi connectivity index (χ0n) is 10.3. The highest BCUT2D eigenvalue weighted by molar-refractivity contribution is 6.75. The van der Waals surface area contributed by atoms with Crippen molar-refractivity contribution in [3.8, 4) is 0 Å². The van der Waals surface area contributed by atoms with Crippen molar-refractivity contribution in [2.45, 2.75) is 19.6 Å². The predicted molar refractivity (Wildman–Crippen MR) is 71.7 cm³/mol. The molecule has 0 radical (unpaired) electrons. The summed E-state index contributed by atoms with van der Waals surface area (Å²) in [7, 11) is 2.78. The average molecular weight is 220 g/mol. The standard InChI is InChI=1S/C12H20N2Si/c1-14(2)12-8-6-11(7-9-12)10-13-15(3,4)5/h6-10H,1-5H3/b13-10+. The largest absolute Gasteiger partial charge is 0.378 e. The molecular formula is C12H20N2Si. The van der Waals surface area contributed by atoms with Gasteiger partial charge in [-0.05, 0) is 37.3 Å². The minimum atomic E-state index is -1.32. The summed E-state index contributed by atoms with van der Waals surface area (Å²) in [6.07, 6.45) is 1.99. The van der Waals surface area contributed by atoms with Crippen LogP contribution >= 0.6 is 0 Å². The van der Waals surface area contributed by atoms with Gasteiger partial charge in [-0.15, -0.1) is 0 Å². The van der Waals surface area contributed by atoms with E-state index in [0.29, 0.717) is 0 Å². The quantitative estimate of drug-likeness (QED) is 0.565. The Hall–Kier alpha value is -1.09. The van der Waals surface area contributed by atoms with E-state index in [-0.39, 0.29) is 0 Å². The Balaban J connectivity index is 2.77. The zero-order chi connectivity index (χ0) is 11.5. The Morgan fingerprint density at radius 3 is 2.00 bits per heavy atom. The number of nitrogens with zero attached hydrogens (tertiary/aromatic N) is 2. The number of benzene rings is 1. The summed E-state index contributed by atoms with van der Waals surface area (Å²) in [5, 5.41) is 0. The van der Waals surface area contributed by atoms with Crippen LogP contribution in [0.15, 0.2) is 28.9 Å². The summed E-state index contributed by atoms with van der Waals surface area (Å²) < 4.78 is 4.60. The summed E-state index contributed by atoms with van der Waals surface area (Å²) in [4.78, 5) is 2.10. The van der Waals surface area contributed by atoms with Crippen LogP contribution in [0.4, 0.5) is 5.69 Å². The Bertz CT molecular complexity index is 334. The fourth-order valence-corrected chi connectivity index (χ4v) is 1.66. The molecule has 0 N–H and O–H groups in total. The number of anilines is 1. The van der Waals surface area contributed by atoms with Gasteiger partial charge in [-0.25, -0.2) is 0 Å². The van der Waals surface area contributed by atoms with E-state index >= 15 is 0 Å². The Morgan fingerprint density at radius 1 is 1.07 bits per heavy atom. The predicted octanol–water partition coefficient (Wildman–Crippen LogP) is 3.01. The SMILES string of the molecule is CN(C)c1ccc(/C=N/[Si](C)(C)C)cc1. The van der Waals surface area contributed by atoms with Gasteiger partial charge in [0.2, 0.25) is 0 Å². The first kappa shape index (κ1) is 12.0. The maximum absolute atomic E-state index is 4.60. The molecule has 0 spiro atoms. The van der Waals surface area contributed by atoms with Crippen molar-refractivity contribution in [1.82, 2.24) is 0 Å². The smallest absolute Gasteiger partial charge is 0.172 e. The molecule has 1 aromatic rings. The maximum atomic E-state index is 4.60. The molecule has 0 aromatic heterocycles. The molecule has 0 saturated carbocycles. The fourth-order valence-electron chi connectivity index (χ4n) is 1.13. The van der Waals surface area contributed by atoms with Gasteiger partial charge in [0.15, 0.2) is 8.24 Å². The Labute approximate surface area is 93.7 Å². The lowest BCUT2D eigenvalue weighted by Crippen LogP contribution is -2.16. The van der Waals surface area contributed by atoms with E-state index < -0.39 is 8.24 Å². The Kier molecular flexibility index (Phi) is 3.69. The van der Waals surface area contributed by atoms with Gasteiger partial charge in [0.1, 0.15) is 0 Å². The second-order valence-corrected chi connectivity index (χ2v) is 9.51. The van der Waals surface area contributed by atoms with Crippen LogP contribution in [0.3, 0.4) is 0 Å². The van der Waals surface area contributed by atoms with Gasteiger partial charge >= 0.3 is 0 Å². The van der Waals surface area contributed by atoms with Gasteiger partial charge in [0.05, 0.1) is 0 Å². The van der Waals surface area contributed by atoms with Crippen LogP contribution in [0.1, 0.15) is 5.56 Å². The third-order valence-electron chi connectivity index (χ3n) is 2.01. The first-order valence-corrected chi connectivity index (χ1v) is 8.66. The zero-order valence-corrected chi connectivity index (χ0v) is 11.3. The van der Waals surface area contributed by atoms with Crippen LogP contribution in [-0.2, 0) is 0 Å². The average Bonchev–Trinajstić information content (AvgIpc) is 2.14. The second-order valence-electron chi connectivity index (χ2n) is 4.91. The summed E-state index contributed by atoms with van der Waals surface area (Å²) in [6, 6.07) is 8.45. The molecule has 0 fully saturated rings. The third-order valence-corrected chi connectivity index (χ3v) is 2.91. The minimum Gasteiger partial charge on any atom is -0.378 e.